The van der Waals surface area contributed by atoms with Crippen molar-refractivity contribution in [2.75, 3.05) is 7.05 Å². The second kappa shape index (κ2) is 3.67. The van der Waals surface area contributed by atoms with Crippen LogP contribution in [0.4, 0.5) is 0 Å². The number of nitrogens with one attached hydrogen (secondary N) is 1. The summed E-state index contributed by atoms with van der Waals surface area (Å²) in [6, 6.07) is 3.04. The SMILES string of the molecule is CNC1CCC(C)(c2ccsc2C)C1. The van der Waals surface area contributed by atoms with E-state index in [1.807, 2.05) is 11.3 Å². The van der Waals surface area contributed by atoms with Gasteiger partial charge in [-0.05, 0) is 55.7 Å². The number of aryl methyl sites for hydroxylation is 1. The van der Waals surface area contributed by atoms with Crippen molar-refractivity contribution in [1.82, 2.24) is 5.32 Å². The van der Waals surface area contributed by atoms with Gasteiger partial charge in [-0.25, -0.2) is 0 Å². The van der Waals surface area contributed by atoms with E-state index in [0.29, 0.717) is 5.41 Å². The van der Waals surface area contributed by atoms with Crippen LogP contribution in [0, 0.1) is 6.92 Å². The van der Waals surface area contributed by atoms with Crippen molar-refractivity contribution < 1.29 is 0 Å². The zero-order valence-corrected chi connectivity index (χ0v) is 10.1. The molecular weight excluding hydrogens is 190 g/mol. The summed E-state index contributed by atoms with van der Waals surface area (Å²) < 4.78 is 0. The van der Waals surface area contributed by atoms with Crippen LogP contribution < -0.4 is 5.32 Å². The van der Waals surface area contributed by atoms with Crippen molar-refractivity contribution in [2.45, 2.75) is 44.6 Å². The van der Waals surface area contributed by atoms with Gasteiger partial charge in [0.2, 0.25) is 0 Å². The van der Waals surface area contributed by atoms with E-state index in [-0.39, 0.29) is 0 Å². The molecular formula is C12H19NS. The van der Waals surface area contributed by atoms with Crippen molar-refractivity contribution in [2.24, 2.45) is 0 Å². The van der Waals surface area contributed by atoms with Gasteiger partial charge >= 0.3 is 0 Å². The minimum atomic E-state index is 0.428. The van der Waals surface area contributed by atoms with Crippen LogP contribution in [-0.4, -0.2) is 13.1 Å². The molecule has 1 aliphatic rings. The molecule has 0 amide bonds. The molecule has 2 unspecified atom stereocenters. The monoisotopic (exact) mass is 209 g/mol. The molecule has 1 aliphatic carbocycles. The fourth-order valence-electron chi connectivity index (χ4n) is 2.74. The highest BCUT2D eigenvalue weighted by Crippen LogP contribution is 2.43. The third-order valence-corrected chi connectivity index (χ3v) is 4.50. The van der Waals surface area contributed by atoms with Crippen LogP contribution in [-0.2, 0) is 5.41 Å². The lowest BCUT2D eigenvalue weighted by Gasteiger charge is -2.24. The first-order valence-corrected chi connectivity index (χ1v) is 6.25. The zero-order chi connectivity index (χ0) is 10.2. The zero-order valence-electron chi connectivity index (χ0n) is 9.26. The largest absolute Gasteiger partial charge is 0.317 e. The third kappa shape index (κ3) is 1.61. The Morgan fingerprint density at radius 3 is 2.86 bits per heavy atom. The molecule has 2 atom stereocenters. The lowest BCUT2D eigenvalue weighted by atomic mass is 9.81. The predicted octanol–water partition coefficient (Wildman–Crippen LogP) is 3.09. The van der Waals surface area contributed by atoms with E-state index in [4.69, 9.17) is 0 Å². The molecule has 2 heteroatoms. The summed E-state index contributed by atoms with van der Waals surface area (Å²) in [7, 11) is 2.08. The Kier molecular flexibility index (Phi) is 2.67. The van der Waals surface area contributed by atoms with Crippen molar-refractivity contribution >= 4 is 11.3 Å². The van der Waals surface area contributed by atoms with Crippen LogP contribution in [0.1, 0.15) is 36.6 Å². The van der Waals surface area contributed by atoms with Gasteiger partial charge in [0.25, 0.3) is 0 Å². The molecule has 1 N–H and O–H groups in total. The molecule has 1 nitrogen and oxygen atoms in total. The minimum Gasteiger partial charge on any atom is -0.317 e. The Balaban J connectivity index is 2.22. The predicted molar refractivity (Wildman–Crippen MR) is 63.1 cm³/mol. The molecule has 1 saturated carbocycles. The summed E-state index contributed by atoms with van der Waals surface area (Å²) in [5.41, 5.74) is 2.01. The topological polar surface area (TPSA) is 12.0 Å². The lowest BCUT2D eigenvalue weighted by Crippen LogP contribution is -2.25. The summed E-state index contributed by atoms with van der Waals surface area (Å²) >= 11 is 1.88. The summed E-state index contributed by atoms with van der Waals surface area (Å²) in [6.45, 7) is 4.66. The molecule has 1 aromatic rings. The molecule has 14 heavy (non-hydrogen) atoms. The summed E-state index contributed by atoms with van der Waals surface area (Å²) in [5.74, 6) is 0. The van der Waals surface area contributed by atoms with Crippen molar-refractivity contribution in [3.05, 3.63) is 21.9 Å². The Morgan fingerprint density at radius 1 is 1.57 bits per heavy atom. The molecule has 0 spiro atoms. The molecule has 1 heterocycles. The van der Waals surface area contributed by atoms with Gasteiger partial charge in [-0.15, -0.1) is 11.3 Å². The van der Waals surface area contributed by atoms with Gasteiger partial charge < -0.3 is 5.32 Å². The van der Waals surface area contributed by atoms with Gasteiger partial charge in [-0.2, -0.15) is 0 Å². The van der Waals surface area contributed by atoms with Gasteiger partial charge in [0.05, 0.1) is 0 Å². The van der Waals surface area contributed by atoms with Gasteiger partial charge in [0.15, 0.2) is 0 Å². The van der Waals surface area contributed by atoms with Crippen LogP contribution in [0.15, 0.2) is 11.4 Å². The average molecular weight is 209 g/mol. The molecule has 1 fully saturated rings. The standard InChI is InChI=1S/C12H19NS/c1-9-11(5-7-14-9)12(2)6-4-10(8-12)13-3/h5,7,10,13H,4,6,8H2,1-3H3. The van der Waals surface area contributed by atoms with Crippen LogP contribution in [0.5, 0.6) is 0 Å². The molecule has 0 radical (unpaired) electrons. The molecule has 1 aromatic heterocycles. The molecule has 2 rings (SSSR count). The smallest absolute Gasteiger partial charge is 0.00727 e. The Hall–Kier alpha value is -0.340. The fraction of sp³-hybridized carbons (Fsp3) is 0.667. The minimum absolute atomic E-state index is 0.428. The van der Waals surface area contributed by atoms with E-state index in [2.05, 4.69) is 37.7 Å². The second-order valence-corrected chi connectivity index (χ2v) is 5.80. The first-order chi connectivity index (χ1) is 6.65. The molecule has 0 saturated heterocycles. The Bertz CT molecular complexity index is 318. The summed E-state index contributed by atoms with van der Waals surface area (Å²) in [6.07, 6.45) is 3.94. The molecule has 0 aliphatic heterocycles. The Morgan fingerprint density at radius 2 is 2.36 bits per heavy atom. The highest BCUT2D eigenvalue weighted by Gasteiger charge is 2.36. The van der Waals surface area contributed by atoms with Crippen LogP contribution in [0.3, 0.4) is 0 Å². The molecule has 78 valence electrons. The van der Waals surface area contributed by atoms with Crippen molar-refractivity contribution in [3.8, 4) is 0 Å². The average Bonchev–Trinajstić information content (AvgIpc) is 2.73. The lowest BCUT2D eigenvalue weighted by molar-refractivity contribution is 0.466. The van der Waals surface area contributed by atoms with E-state index in [0.717, 1.165) is 6.04 Å². The summed E-state index contributed by atoms with van der Waals surface area (Å²) in [5, 5.41) is 5.63. The molecule has 0 bridgehead atoms. The maximum Gasteiger partial charge on any atom is 0.00727 e. The number of thiophene rings is 1. The quantitative estimate of drug-likeness (QED) is 0.789. The van der Waals surface area contributed by atoms with E-state index in [9.17, 15) is 0 Å². The van der Waals surface area contributed by atoms with Crippen molar-refractivity contribution in [1.29, 1.82) is 0 Å². The van der Waals surface area contributed by atoms with Gasteiger partial charge in [0, 0.05) is 10.9 Å². The van der Waals surface area contributed by atoms with Crippen LogP contribution >= 0.6 is 11.3 Å². The van der Waals surface area contributed by atoms with Crippen LogP contribution in [0.2, 0.25) is 0 Å². The van der Waals surface area contributed by atoms with Crippen molar-refractivity contribution in [3.63, 3.8) is 0 Å². The Labute approximate surface area is 90.5 Å². The van der Waals surface area contributed by atoms with E-state index in [1.165, 1.54) is 24.1 Å². The summed E-state index contributed by atoms with van der Waals surface area (Å²) in [4.78, 5) is 1.50. The normalized spacial score (nSPS) is 32.4. The number of rotatable bonds is 2. The third-order valence-electron chi connectivity index (χ3n) is 3.66. The first-order valence-electron chi connectivity index (χ1n) is 5.37. The van der Waals surface area contributed by atoms with Gasteiger partial charge in [0.1, 0.15) is 0 Å². The van der Waals surface area contributed by atoms with Gasteiger partial charge in [-0.1, -0.05) is 6.92 Å². The number of hydrogen-bond donors (Lipinski definition) is 1. The highest BCUT2D eigenvalue weighted by atomic mass is 32.1. The highest BCUT2D eigenvalue weighted by molar-refractivity contribution is 7.10. The number of hydrogen-bond acceptors (Lipinski definition) is 2. The fourth-order valence-corrected chi connectivity index (χ4v) is 3.59. The second-order valence-electron chi connectivity index (χ2n) is 4.68. The first kappa shape index (κ1) is 10.2. The maximum absolute atomic E-state index is 3.40. The maximum atomic E-state index is 3.40. The van der Waals surface area contributed by atoms with E-state index < -0.39 is 0 Å². The van der Waals surface area contributed by atoms with E-state index >= 15 is 0 Å². The molecule has 0 aromatic carbocycles. The van der Waals surface area contributed by atoms with E-state index in [1.54, 1.807) is 5.56 Å². The van der Waals surface area contributed by atoms with Crippen LogP contribution in [0.25, 0.3) is 0 Å². The van der Waals surface area contributed by atoms with Gasteiger partial charge in [-0.3, -0.25) is 0 Å².